The van der Waals surface area contributed by atoms with Crippen LogP contribution in [0, 0.1) is 0 Å². The van der Waals surface area contributed by atoms with Gasteiger partial charge in [-0.25, -0.2) is 9.97 Å². The lowest BCUT2D eigenvalue weighted by molar-refractivity contribution is 0.0231. The number of nitrogens with zero attached hydrogens (tertiary/aromatic N) is 2. The number of aromatic nitrogens is 2. The number of nitrogen functional groups attached to an aromatic ring is 1. The lowest BCUT2D eigenvalue weighted by Crippen LogP contribution is -2.32. The third kappa shape index (κ3) is 3.47. The van der Waals surface area contributed by atoms with E-state index >= 15 is 0 Å². The van der Waals surface area contributed by atoms with Crippen LogP contribution in [0.2, 0.25) is 0 Å². The molecule has 0 aliphatic carbocycles. The Morgan fingerprint density at radius 2 is 2.35 bits per heavy atom. The summed E-state index contributed by atoms with van der Waals surface area (Å²) >= 11 is 1.49. The maximum atomic E-state index is 5.74. The minimum absolute atomic E-state index is 0.306. The van der Waals surface area contributed by atoms with Crippen molar-refractivity contribution < 1.29 is 4.74 Å². The number of anilines is 2. The van der Waals surface area contributed by atoms with Crippen molar-refractivity contribution in [1.82, 2.24) is 9.97 Å². The summed E-state index contributed by atoms with van der Waals surface area (Å²) < 4.78 is 5.51. The highest BCUT2D eigenvalue weighted by atomic mass is 32.2. The second-order valence-corrected chi connectivity index (χ2v) is 4.99. The first-order valence-electron chi connectivity index (χ1n) is 5.74. The van der Waals surface area contributed by atoms with Crippen LogP contribution in [0.4, 0.5) is 11.6 Å². The molecule has 1 aliphatic rings. The van der Waals surface area contributed by atoms with E-state index in [0.29, 0.717) is 23.1 Å². The molecule has 3 N–H and O–H groups in total. The molecule has 2 heterocycles. The first-order chi connectivity index (χ1) is 8.17. The van der Waals surface area contributed by atoms with Crippen LogP contribution < -0.4 is 11.1 Å². The summed E-state index contributed by atoms with van der Waals surface area (Å²) in [6.45, 7) is 2.89. The molecule has 0 saturated carbocycles. The molecular weight excluding hydrogens is 236 g/mol. The predicted octanol–water partition coefficient (Wildman–Crippen LogP) is 1.76. The van der Waals surface area contributed by atoms with Crippen molar-refractivity contribution in [1.29, 1.82) is 0 Å². The molecule has 5 nitrogen and oxygen atoms in total. The highest BCUT2D eigenvalue weighted by Gasteiger charge is 2.19. The molecule has 1 aromatic heterocycles. The number of nitrogens with two attached hydrogens (primary N) is 1. The monoisotopic (exact) mass is 254 g/mol. The molecule has 1 saturated heterocycles. The molecular formula is C11H18N4OS. The zero-order valence-electron chi connectivity index (χ0n) is 10.1. The van der Waals surface area contributed by atoms with Gasteiger partial charge in [0.05, 0.1) is 6.10 Å². The molecule has 94 valence electrons. The van der Waals surface area contributed by atoms with Crippen molar-refractivity contribution in [2.45, 2.75) is 37.1 Å². The first kappa shape index (κ1) is 12.4. The Bertz CT molecular complexity index is 388. The molecule has 0 radical (unpaired) electrons. The van der Waals surface area contributed by atoms with Crippen molar-refractivity contribution in [2.75, 3.05) is 23.9 Å². The first-order valence-corrected chi connectivity index (χ1v) is 6.96. The maximum Gasteiger partial charge on any atom is 0.191 e. The van der Waals surface area contributed by atoms with Gasteiger partial charge in [0.25, 0.3) is 0 Å². The molecule has 2 atom stereocenters. The minimum Gasteiger partial charge on any atom is -0.383 e. The standard InChI is InChI=1S/C11H18N4OS/c1-7-5-8(3-4-16-7)13-10-6-9(12)14-11(15-10)17-2/h6-8H,3-5H2,1-2H3,(H3,12,13,14,15). The van der Waals surface area contributed by atoms with Gasteiger partial charge >= 0.3 is 0 Å². The SMILES string of the molecule is CSc1nc(N)cc(NC2CCOC(C)C2)n1. The van der Waals surface area contributed by atoms with Gasteiger partial charge in [0.1, 0.15) is 11.6 Å². The van der Waals surface area contributed by atoms with Crippen molar-refractivity contribution in [3.63, 3.8) is 0 Å². The van der Waals surface area contributed by atoms with Gasteiger partial charge in [-0.15, -0.1) is 0 Å². The zero-order valence-corrected chi connectivity index (χ0v) is 11.0. The summed E-state index contributed by atoms with van der Waals surface area (Å²) in [5, 5.41) is 4.10. The van der Waals surface area contributed by atoms with Crippen LogP contribution in [-0.4, -0.2) is 35.0 Å². The lowest BCUT2D eigenvalue weighted by Gasteiger charge is -2.28. The number of thioether (sulfide) groups is 1. The highest BCUT2D eigenvalue weighted by molar-refractivity contribution is 7.98. The molecule has 1 fully saturated rings. The summed E-state index contributed by atoms with van der Waals surface area (Å²) in [5.74, 6) is 1.31. The lowest BCUT2D eigenvalue weighted by atomic mass is 10.0. The van der Waals surface area contributed by atoms with E-state index in [0.717, 1.165) is 25.3 Å². The van der Waals surface area contributed by atoms with Crippen LogP contribution in [-0.2, 0) is 4.74 Å². The van der Waals surface area contributed by atoms with E-state index < -0.39 is 0 Å². The zero-order chi connectivity index (χ0) is 12.3. The van der Waals surface area contributed by atoms with Gasteiger partial charge in [0.2, 0.25) is 0 Å². The fourth-order valence-corrected chi connectivity index (χ4v) is 2.33. The van der Waals surface area contributed by atoms with E-state index in [1.54, 1.807) is 6.07 Å². The van der Waals surface area contributed by atoms with Gasteiger partial charge in [0.15, 0.2) is 5.16 Å². The Morgan fingerprint density at radius 3 is 3.06 bits per heavy atom. The van der Waals surface area contributed by atoms with Gasteiger partial charge in [-0.1, -0.05) is 11.8 Å². The third-order valence-corrected chi connectivity index (χ3v) is 3.29. The smallest absolute Gasteiger partial charge is 0.191 e. The molecule has 0 bridgehead atoms. The Hall–Kier alpha value is -1.01. The fraction of sp³-hybridized carbons (Fsp3) is 0.636. The van der Waals surface area contributed by atoms with Crippen molar-refractivity contribution in [2.24, 2.45) is 0 Å². The van der Waals surface area contributed by atoms with E-state index in [1.165, 1.54) is 11.8 Å². The molecule has 1 aromatic rings. The van der Waals surface area contributed by atoms with E-state index in [9.17, 15) is 0 Å². The number of hydrogen-bond acceptors (Lipinski definition) is 6. The molecule has 2 unspecified atom stereocenters. The normalized spacial score (nSPS) is 24.6. The van der Waals surface area contributed by atoms with Crippen LogP contribution in [0.3, 0.4) is 0 Å². The maximum absolute atomic E-state index is 5.74. The minimum atomic E-state index is 0.306. The van der Waals surface area contributed by atoms with E-state index in [2.05, 4.69) is 22.2 Å². The molecule has 0 aromatic carbocycles. The van der Waals surface area contributed by atoms with Crippen LogP contribution in [0.15, 0.2) is 11.2 Å². The molecule has 2 rings (SSSR count). The molecule has 0 spiro atoms. The summed E-state index contributed by atoms with van der Waals surface area (Å²) in [6.07, 6.45) is 4.25. The molecule has 6 heteroatoms. The van der Waals surface area contributed by atoms with E-state index in [1.807, 2.05) is 6.26 Å². The van der Waals surface area contributed by atoms with E-state index in [-0.39, 0.29) is 0 Å². The number of ether oxygens (including phenoxy) is 1. The van der Waals surface area contributed by atoms with E-state index in [4.69, 9.17) is 10.5 Å². The summed E-state index contributed by atoms with van der Waals surface area (Å²) in [4.78, 5) is 8.52. The second-order valence-electron chi connectivity index (χ2n) is 4.21. The summed E-state index contributed by atoms with van der Waals surface area (Å²) in [6, 6.07) is 2.18. The van der Waals surface area contributed by atoms with Crippen molar-refractivity contribution >= 4 is 23.4 Å². The summed E-state index contributed by atoms with van der Waals surface area (Å²) in [5.41, 5.74) is 5.74. The topological polar surface area (TPSA) is 73.1 Å². The fourth-order valence-electron chi connectivity index (χ4n) is 1.95. The van der Waals surface area contributed by atoms with Crippen LogP contribution in [0.1, 0.15) is 19.8 Å². The Balaban J connectivity index is 2.04. The van der Waals surface area contributed by atoms with Gasteiger partial charge in [-0.05, 0) is 26.0 Å². The van der Waals surface area contributed by atoms with Gasteiger partial charge in [-0.2, -0.15) is 0 Å². The van der Waals surface area contributed by atoms with Crippen molar-refractivity contribution in [3.05, 3.63) is 6.07 Å². The van der Waals surface area contributed by atoms with Gasteiger partial charge < -0.3 is 15.8 Å². The summed E-state index contributed by atoms with van der Waals surface area (Å²) in [7, 11) is 0. The number of nitrogens with one attached hydrogen (secondary N) is 1. The second kappa shape index (κ2) is 5.55. The third-order valence-electron chi connectivity index (χ3n) is 2.75. The van der Waals surface area contributed by atoms with Crippen LogP contribution >= 0.6 is 11.8 Å². The average molecular weight is 254 g/mol. The molecule has 0 amide bonds. The Labute approximate surface area is 106 Å². The Kier molecular flexibility index (Phi) is 4.06. The van der Waals surface area contributed by atoms with Crippen LogP contribution in [0.25, 0.3) is 0 Å². The molecule has 17 heavy (non-hydrogen) atoms. The van der Waals surface area contributed by atoms with Crippen molar-refractivity contribution in [3.8, 4) is 0 Å². The average Bonchev–Trinajstić information content (AvgIpc) is 2.28. The highest BCUT2D eigenvalue weighted by Crippen LogP contribution is 2.20. The predicted molar refractivity (Wildman–Crippen MR) is 70.3 cm³/mol. The number of hydrogen-bond donors (Lipinski definition) is 2. The van der Waals surface area contributed by atoms with Gasteiger partial charge in [-0.3, -0.25) is 0 Å². The largest absolute Gasteiger partial charge is 0.383 e. The van der Waals surface area contributed by atoms with Crippen LogP contribution in [0.5, 0.6) is 0 Å². The molecule has 1 aliphatic heterocycles. The number of rotatable bonds is 3. The quantitative estimate of drug-likeness (QED) is 0.632. The Morgan fingerprint density at radius 1 is 1.53 bits per heavy atom. The van der Waals surface area contributed by atoms with Gasteiger partial charge in [0, 0.05) is 18.7 Å².